The van der Waals surface area contributed by atoms with Crippen molar-refractivity contribution in [3.8, 4) is 0 Å². The largest absolute Gasteiger partial charge is 0.393 e. The molecule has 1 aromatic carbocycles. The van der Waals surface area contributed by atoms with E-state index in [1.807, 2.05) is 6.07 Å². The zero-order valence-electron chi connectivity index (χ0n) is 9.76. The van der Waals surface area contributed by atoms with Gasteiger partial charge in [-0.1, -0.05) is 18.2 Å². The van der Waals surface area contributed by atoms with Crippen LogP contribution in [-0.4, -0.2) is 26.2 Å². The lowest BCUT2D eigenvalue weighted by atomic mass is 9.83. The van der Waals surface area contributed by atoms with E-state index in [0.717, 1.165) is 5.56 Å². The zero-order valence-corrected chi connectivity index (χ0v) is 10.6. The predicted molar refractivity (Wildman–Crippen MR) is 65.1 cm³/mol. The molecular weight excluding hydrogens is 238 g/mol. The SMILES string of the molecule is Cc1ccccc1S(=O)(=O)NCC1CC(O)C1. The summed E-state index contributed by atoms with van der Waals surface area (Å²) in [5, 5.41) is 9.13. The molecule has 2 rings (SSSR count). The van der Waals surface area contributed by atoms with E-state index in [1.165, 1.54) is 0 Å². The van der Waals surface area contributed by atoms with Crippen molar-refractivity contribution in [1.82, 2.24) is 4.72 Å². The number of hydrogen-bond donors (Lipinski definition) is 2. The molecule has 0 radical (unpaired) electrons. The molecule has 17 heavy (non-hydrogen) atoms. The highest BCUT2D eigenvalue weighted by atomic mass is 32.2. The quantitative estimate of drug-likeness (QED) is 0.845. The molecule has 1 aliphatic carbocycles. The van der Waals surface area contributed by atoms with Crippen LogP contribution in [0.3, 0.4) is 0 Å². The average molecular weight is 255 g/mol. The van der Waals surface area contributed by atoms with Gasteiger partial charge in [0.25, 0.3) is 0 Å². The highest BCUT2D eigenvalue weighted by Gasteiger charge is 2.28. The monoisotopic (exact) mass is 255 g/mol. The molecule has 0 heterocycles. The van der Waals surface area contributed by atoms with E-state index < -0.39 is 10.0 Å². The van der Waals surface area contributed by atoms with Crippen LogP contribution in [0.1, 0.15) is 18.4 Å². The molecule has 5 heteroatoms. The lowest BCUT2D eigenvalue weighted by Crippen LogP contribution is -2.38. The van der Waals surface area contributed by atoms with Crippen LogP contribution in [0.5, 0.6) is 0 Å². The lowest BCUT2D eigenvalue weighted by Gasteiger charge is -2.31. The summed E-state index contributed by atoms with van der Waals surface area (Å²) >= 11 is 0. The van der Waals surface area contributed by atoms with E-state index in [-0.39, 0.29) is 12.0 Å². The van der Waals surface area contributed by atoms with E-state index in [2.05, 4.69) is 4.72 Å². The number of aliphatic hydroxyl groups excluding tert-OH is 1. The molecule has 0 atom stereocenters. The summed E-state index contributed by atoms with van der Waals surface area (Å²) in [5.41, 5.74) is 0.744. The van der Waals surface area contributed by atoms with Crippen molar-refractivity contribution >= 4 is 10.0 Å². The van der Waals surface area contributed by atoms with Gasteiger partial charge in [-0.25, -0.2) is 13.1 Å². The smallest absolute Gasteiger partial charge is 0.240 e. The molecule has 0 aromatic heterocycles. The lowest BCUT2D eigenvalue weighted by molar-refractivity contribution is 0.0453. The highest BCUT2D eigenvalue weighted by Crippen LogP contribution is 2.26. The molecule has 0 bridgehead atoms. The summed E-state index contributed by atoms with van der Waals surface area (Å²) in [4.78, 5) is 0.333. The fraction of sp³-hybridized carbons (Fsp3) is 0.500. The van der Waals surface area contributed by atoms with Gasteiger partial charge in [-0.3, -0.25) is 0 Å². The Labute approximate surface area is 102 Å². The Balaban J connectivity index is 2.02. The Bertz CT molecular complexity index is 492. The van der Waals surface area contributed by atoms with Crippen LogP contribution in [0, 0.1) is 12.8 Å². The first-order valence-corrected chi connectivity index (χ1v) is 7.21. The van der Waals surface area contributed by atoms with E-state index in [4.69, 9.17) is 5.11 Å². The molecule has 0 unspecified atom stereocenters. The minimum Gasteiger partial charge on any atom is -0.393 e. The molecule has 1 saturated carbocycles. The third-order valence-electron chi connectivity index (χ3n) is 3.16. The van der Waals surface area contributed by atoms with Gasteiger partial charge in [0.05, 0.1) is 11.0 Å². The van der Waals surface area contributed by atoms with E-state index in [9.17, 15) is 8.42 Å². The number of aliphatic hydroxyl groups is 1. The molecular formula is C12H17NO3S. The summed E-state index contributed by atoms with van der Waals surface area (Å²) in [5.74, 6) is 0.267. The fourth-order valence-electron chi connectivity index (χ4n) is 2.03. The minimum atomic E-state index is -3.41. The summed E-state index contributed by atoms with van der Waals surface area (Å²) in [6.45, 7) is 2.19. The van der Waals surface area contributed by atoms with Gasteiger partial charge in [0.1, 0.15) is 0 Å². The van der Waals surface area contributed by atoms with Crippen molar-refractivity contribution < 1.29 is 13.5 Å². The standard InChI is InChI=1S/C12H17NO3S/c1-9-4-2-3-5-12(9)17(15,16)13-8-10-6-11(14)7-10/h2-5,10-11,13-14H,6-8H2,1H3. The van der Waals surface area contributed by atoms with Crippen molar-refractivity contribution in [1.29, 1.82) is 0 Å². The topological polar surface area (TPSA) is 66.4 Å². The maximum Gasteiger partial charge on any atom is 0.240 e. The number of sulfonamides is 1. The first-order valence-electron chi connectivity index (χ1n) is 5.72. The zero-order chi connectivity index (χ0) is 12.5. The van der Waals surface area contributed by atoms with Gasteiger partial charge in [0.15, 0.2) is 0 Å². The van der Waals surface area contributed by atoms with Crippen LogP contribution in [0.4, 0.5) is 0 Å². The van der Waals surface area contributed by atoms with Crippen molar-refractivity contribution in [3.63, 3.8) is 0 Å². The Morgan fingerprint density at radius 2 is 2.00 bits per heavy atom. The van der Waals surface area contributed by atoms with Crippen molar-refractivity contribution in [2.45, 2.75) is 30.8 Å². The average Bonchev–Trinajstić information content (AvgIpc) is 2.23. The molecule has 1 fully saturated rings. The molecule has 0 saturated heterocycles. The van der Waals surface area contributed by atoms with Crippen LogP contribution in [-0.2, 0) is 10.0 Å². The normalized spacial score (nSPS) is 24.4. The predicted octanol–water partition coefficient (Wildman–Crippen LogP) is 1.04. The van der Waals surface area contributed by atoms with Gasteiger partial charge in [0, 0.05) is 6.54 Å². The van der Waals surface area contributed by atoms with E-state index >= 15 is 0 Å². The number of rotatable bonds is 4. The Morgan fingerprint density at radius 3 is 2.59 bits per heavy atom. The summed E-state index contributed by atoms with van der Waals surface area (Å²) < 4.78 is 26.6. The van der Waals surface area contributed by atoms with Crippen LogP contribution < -0.4 is 4.72 Å². The second-order valence-electron chi connectivity index (χ2n) is 4.61. The number of nitrogens with one attached hydrogen (secondary N) is 1. The summed E-state index contributed by atoms with van der Waals surface area (Å²) in [6.07, 6.45) is 1.13. The molecule has 2 N–H and O–H groups in total. The molecule has 0 spiro atoms. The fourth-order valence-corrected chi connectivity index (χ4v) is 3.39. The van der Waals surface area contributed by atoms with Crippen LogP contribution >= 0.6 is 0 Å². The first kappa shape index (κ1) is 12.5. The maximum atomic E-state index is 12.0. The Morgan fingerprint density at radius 1 is 1.35 bits per heavy atom. The van der Waals surface area contributed by atoms with Gasteiger partial charge in [-0.05, 0) is 37.3 Å². The molecule has 0 aliphatic heterocycles. The maximum absolute atomic E-state index is 12.0. The van der Waals surface area contributed by atoms with Crippen molar-refractivity contribution in [2.75, 3.05) is 6.54 Å². The number of hydrogen-bond acceptors (Lipinski definition) is 3. The molecule has 1 aliphatic rings. The Hall–Kier alpha value is -0.910. The number of benzene rings is 1. The molecule has 0 amide bonds. The third-order valence-corrected chi connectivity index (χ3v) is 4.74. The highest BCUT2D eigenvalue weighted by molar-refractivity contribution is 7.89. The van der Waals surface area contributed by atoms with Crippen molar-refractivity contribution in [3.05, 3.63) is 29.8 Å². The van der Waals surface area contributed by atoms with Crippen LogP contribution in [0.15, 0.2) is 29.2 Å². The summed E-state index contributed by atoms with van der Waals surface area (Å²) in [6, 6.07) is 6.92. The second-order valence-corrected chi connectivity index (χ2v) is 6.34. The third kappa shape index (κ3) is 2.86. The Kier molecular flexibility index (Phi) is 3.51. The molecule has 94 valence electrons. The minimum absolute atomic E-state index is 0.247. The van der Waals surface area contributed by atoms with Gasteiger partial charge in [-0.15, -0.1) is 0 Å². The molecule has 1 aromatic rings. The first-order chi connectivity index (χ1) is 7.99. The van der Waals surface area contributed by atoms with Gasteiger partial charge < -0.3 is 5.11 Å². The van der Waals surface area contributed by atoms with Crippen LogP contribution in [0.2, 0.25) is 0 Å². The van der Waals surface area contributed by atoms with Crippen LogP contribution in [0.25, 0.3) is 0 Å². The van der Waals surface area contributed by atoms with E-state index in [0.29, 0.717) is 24.3 Å². The number of aryl methyl sites for hydroxylation is 1. The van der Waals surface area contributed by atoms with E-state index in [1.54, 1.807) is 25.1 Å². The van der Waals surface area contributed by atoms with Gasteiger partial charge in [0.2, 0.25) is 10.0 Å². The molecule has 4 nitrogen and oxygen atoms in total. The second kappa shape index (κ2) is 4.76. The van der Waals surface area contributed by atoms with Gasteiger partial charge >= 0.3 is 0 Å². The van der Waals surface area contributed by atoms with Gasteiger partial charge in [-0.2, -0.15) is 0 Å². The summed E-state index contributed by atoms with van der Waals surface area (Å²) in [7, 11) is -3.41. The van der Waals surface area contributed by atoms with Crippen molar-refractivity contribution in [2.24, 2.45) is 5.92 Å².